The van der Waals surface area contributed by atoms with Gasteiger partial charge in [-0.3, -0.25) is 0 Å². The molecule has 0 aromatic heterocycles. The molecule has 0 unspecified atom stereocenters. The minimum atomic E-state index is -0.380. The van der Waals surface area contributed by atoms with E-state index >= 15 is 0 Å². The van der Waals surface area contributed by atoms with Crippen molar-refractivity contribution in [1.82, 2.24) is 0 Å². The van der Waals surface area contributed by atoms with E-state index in [0.29, 0.717) is 6.61 Å². The third kappa shape index (κ3) is 4.94. The number of allylic oxidation sites excluding steroid dienone is 1. The topological polar surface area (TPSA) is 36.9 Å². The molecule has 1 fully saturated rings. The minimum absolute atomic E-state index is 0.0194. The maximum atomic E-state index is 6.18. The molecule has 0 aliphatic carbocycles. The van der Waals surface area contributed by atoms with Gasteiger partial charge in [-0.25, -0.2) is 0 Å². The first-order chi connectivity index (χ1) is 11.7. The number of methoxy groups -OCH3 is 1. The second-order valence-electron chi connectivity index (χ2n) is 5.84. The van der Waals surface area contributed by atoms with Gasteiger partial charge >= 0.3 is 0 Å². The van der Waals surface area contributed by atoms with Crippen LogP contribution in [0.3, 0.4) is 0 Å². The van der Waals surface area contributed by atoms with Crippen LogP contribution in [0.15, 0.2) is 49.6 Å². The Balaban J connectivity index is 2.05. The van der Waals surface area contributed by atoms with Crippen molar-refractivity contribution in [2.24, 2.45) is 0 Å². The van der Waals surface area contributed by atoms with Crippen molar-refractivity contribution in [2.75, 3.05) is 13.7 Å². The first kappa shape index (κ1) is 18.7. The lowest BCUT2D eigenvalue weighted by atomic mass is 10.1. The largest absolute Gasteiger partial charge is 0.497 e. The van der Waals surface area contributed by atoms with Crippen LogP contribution in [-0.2, 0) is 14.2 Å². The second-order valence-corrected chi connectivity index (χ2v) is 5.84. The zero-order valence-electron chi connectivity index (χ0n) is 14.6. The molecule has 1 heterocycles. The van der Waals surface area contributed by atoms with Crippen LogP contribution in [0.25, 0.3) is 0 Å². The zero-order chi connectivity index (χ0) is 17.4. The van der Waals surface area contributed by atoms with Gasteiger partial charge in [0.05, 0.1) is 25.9 Å². The van der Waals surface area contributed by atoms with Crippen LogP contribution in [0.1, 0.15) is 38.0 Å². The van der Waals surface area contributed by atoms with Crippen LogP contribution < -0.4 is 4.74 Å². The lowest BCUT2D eigenvalue weighted by Gasteiger charge is -2.37. The molecule has 1 saturated heterocycles. The smallest absolute Gasteiger partial charge is 0.184 e. The lowest BCUT2D eigenvalue weighted by molar-refractivity contribution is -0.271. The number of hydrogen-bond acceptors (Lipinski definition) is 4. The fourth-order valence-electron chi connectivity index (χ4n) is 2.72. The summed E-state index contributed by atoms with van der Waals surface area (Å²) in [6.45, 7) is 10.2. The maximum Gasteiger partial charge on any atom is 0.184 e. The van der Waals surface area contributed by atoms with Crippen molar-refractivity contribution < 1.29 is 18.9 Å². The highest BCUT2D eigenvalue weighted by molar-refractivity contribution is 5.28. The lowest BCUT2D eigenvalue weighted by Crippen LogP contribution is -2.43. The summed E-state index contributed by atoms with van der Waals surface area (Å²) >= 11 is 0. The maximum absolute atomic E-state index is 6.18. The van der Waals surface area contributed by atoms with Crippen molar-refractivity contribution in [3.8, 4) is 5.75 Å². The highest BCUT2D eigenvalue weighted by atomic mass is 16.7. The van der Waals surface area contributed by atoms with Gasteiger partial charge < -0.3 is 18.9 Å². The van der Waals surface area contributed by atoms with Gasteiger partial charge in [-0.1, -0.05) is 31.2 Å². The second kappa shape index (κ2) is 9.62. The highest BCUT2D eigenvalue weighted by Gasteiger charge is 2.34. The Hall–Kier alpha value is -1.62. The molecule has 1 aromatic rings. The third-order valence-electron chi connectivity index (χ3n) is 4.18. The highest BCUT2D eigenvalue weighted by Crippen LogP contribution is 2.31. The Kier molecular flexibility index (Phi) is 7.50. The van der Waals surface area contributed by atoms with E-state index in [2.05, 4.69) is 20.1 Å². The Bertz CT molecular complexity index is 511. The molecule has 1 aliphatic heterocycles. The van der Waals surface area contributed by atoms with Gasteiger partial charge in [0.1, 0.15) is 11.9 Å². The monoisotopic (exact) mass is 332 g/mol. The van der Waals surface area contributed by atoms with Gasteiger partial charge in [0.15, 0.2) is 6.29 Å². The molecule has 1 aromatic carbocycles. The van der Waals surface area contributed by atoms with Crippen LogP contribution >= 0.6 is 0 Å². The van der Waals surface area contributed by atoms with E-state index in [1.165, 1.54) is 0 Å². The molecule has 0 bridgehead atoms. The van der Waals surface area contributed by atoms with Gasteiger partial charge in [-0.15, -0.1) is 13.2 Å². The zero-order valence-corrected chi connectivity index (χ0v) is 14.6. The summed E-state index contributed by atoms with van der Waals surface area (Å²) in [6, 6.07) is 7.75. The first-order valence-corrected chi connectivity index (χ1v) is 8.51. The van der Waals surface area contributed by atoms with Gasteiger partial charge in [0.2, 0.25) is 0 Å². The molecule has 1 aliphatic rings. The van der Waals surface area contributed by atoms with E-state index in [9.17, 15) is 0 Å². The summed E-state index contributed by atoms with van der Waals surface area (Å²) < 4.78 is 23.4. The Morgan fingerprint density at radius 1 is 1.29 bits per heavy atom. The molecule has 0 N–H and O–H groups in total. The molecule has 4 heteroatoms. The summed E-state index contributed by atoms with van der Waals surface area (Å²) in [7, 11) is 1.65. The minimum Gasteiger partial charge on any atom is -0.497 e. The van der Waals surface area contributed by atoms with Crippen molar-refractivity contribution in [3.05, 3.63) is 55.1 Å². The van der Waals surface area contributed by atoms with Crippen LogP contribution in [0.5, 0.6) is 5.75 Å². The van der Waals surface area contributed by atoms with Gasteiger partial charge in [0.25, 0.3) is 0 Å². The van der Waals surface area contributed by atoms with Crippen molar-refractivity contribution in [1.29, 1.82) is 0 Å². The predicted molar refractivity (Wildman–Crippen MR) is 95.1 cm³/mol. The van der Waals surface area contributed by atoms with Crippen LogP contribution in [0.4, 0.5) is 0 Å². The molecule has 0 spiro atoms. The number of hydrogen-bond donors (Lipinski definition) is 0. The molecule has 4 atom stereocenters. The molecular weight excluding hydrogens is 304 g/mol. The van der Waals surface area contributed by atoms with Crippen molar-refractivity contribution in [2.45, 2.75) is 50.8 Å². The number of benzene rings is 1. The van der Waals surface area contributed by atoms with Crippen LogP contribution in [0.2, 0.25) is 0 Å². The SMILES string of the molecule is C=CCC[C@@H]1O[C@H](c2ccc(OC)cc2)OC[C@H]1O[C@H](C=C)CC. The summed E-state index contributed by atoms with van der Waals surface area (Å²) in [5.74, 6) is 0.816. The molecule has 0 saturated carbocycles. The Labute approximate surface area is 145 Å². The Morgan fingerprint density at radius 2 is 2.04 bits per heavy atom. The quantitative estimate of drug-likeness (QED) is 0.627. The molecule has 24 heavy (non-hydrogen) atoms. The van der Waals surface area contributed by atoms with Crippen LogP contribution in [-0.4, -0.2) is 32.0 Å². The average Bonchev–Trinajstić information content (AvgIpc) is 2.65. The predicted octanol–water partition coefficient (Wildman–Crippen LogP) is 4.43. The normalized spacial score (nSPS) is 25.0. The summed E-state index contributed by atoms with van der Waals surface area (Å²) in [4.78, 5) is 0. The van der Waals surface area contributed by atoms with Gasteiger partial charge in [-0.2, -0.15) is 0 Å². The Morgan fingerprint density at radius 3 is 2.62 bits per heavy atom. The molecular formula is C20H28O4. The molecule has 2 rings (SSSR count). The van der Waals surface area contributed by atoms with Crippen molar-refractivity contribution in [3.63, 3.8) is 0 Å². The number of rotatable bonds is 9. The summed E-state index contributed by atoms with van der Waals surface area (Å²) in [6.07, 6.45) is 5.88. The van der Waals surface area contributed by atoms with E-state index in [4.69, 9.17) is 18.9 Å². The average molecular weight is 332 g/mol. The standard InChI is InChI=1S/C20H28O4/c1-5-8-9-18-19(23-16(6-2)7-3)14-22-20(24-18)15-10-12-17(21-4)13-11-15/h5-6,10-13,16,18-20H,1-2,7-9,14H2,3-4H3/t16-,18+,19-,20-/m1/s1. The molecule has 132 valence electrons. The van der Waals surface area contributed by atoms with Gasteiger partial charge in [0, 0.05) is 5.56 Å². The third-order valence-corrected chi connectivity index (χ3v) is 4.18. The fourth-order valence-corrected chi connectivity index (χ4v) is 2.72. The first-order valence-electron chi connectivity index (χ1n) is 8.51. The summed E-state index contributed by atoms with van der Waals surface area (Å²) in [5.41, 5.74) is 0.980. The van der Waals surface area contributed by atoms with E-state index in [-0.39, 0.29) is 24.6 Å². The van der Waals surface area contributed by atoms with E-state index < -0.39 is 0 Å². The van der Waals surface area contributed by atoms with Crippen molar-refractivity contribution >= 4 is 0 Å². The van der Waals surface area contributed by atoms with E-state index in [0.717, 1.165) is 30.6 Å². The van der Waals surface area contributed by atoms with Gasteiger partial charge in [-0.05, 0) is 31.4 Å². The molecule has 4 nitrogen and oxygen atoms in total. The fraction of sp³-hybridized carbons (Fsp3) is 0.500. The number of ether oxygens (including phenoxy) is 4. The van der Waals surface area contributed by atoms with E-state index in [1.807, 2.05) is 36.4 Å². The van der Waals surface area contributed by atoms with E-state index in [1.54, 1.807) is 7.11 Å². The molecule has 0 amide bonds. The molecule has 0 radical (unpaired) electrons. The van der Waals surface area contributed by atoms with Crippen LogP contribution in [0, 0.1) is 0 Å². The summed E-state index contributed by atoms with van der Waals surface area (Å²) in [5, 5.41) is 0.